The van der Waals surface area contributed by atoms with E-state index >= 15 is 0 Å². The van der Waals surface area contributed by atoms with Crippen LogP contribution in [0.25, 0.3) is 0 Å². The lowest BCUT2D eigenvalue weighted by molar-refractivity contribution is 0.0698. The first-order chi connectivity index (χ1) is 9.38. The number of nitrogens with one attached hydrogen (secondary N) is 1. The van der Waals surface area contributed by atoms with Gasteiger partial charge in [-0.15, -0.1) is 0 Å². The topological polar surface area (TPSA) is 88.2 Å². The molecule has 104 valence electrons. The highest BCUT2D eigenvalue weighted by Gasteiger charge is 2.12. The number of benzene rings is 1. The van der Waals surface area contributed by atoms with E-state index in [-0.39, 0.29) is 28.3 Å². The van der Waals surface area contributed by atoms with Crippen molar-refractivity contribution in [1.82, 2.24) is 4.98 Å². The van der Waals surface area contributed by atoms with Crippen LogP contribution in [-0.4, -0.2) is 16.1 Å². The van der Waals surface area contributed by atoms with Crippen LogP contribution in [0.1, 0.15) is 15.9 Å². The van der Waals surface area contributed by atoms with Gasteiger partial charge in [-0.25, -0.2) is 18.6 Å². The fraction of sp³-hybridized carbons (Fsp3) is 0.0769. The number of rotatable bonds is 3. The number of aromatic nitrogens is 1. The largest absolute Gasteiger partial charge is 0.478 e. The number of aromatic carboxylic acids is 1. The maximum atomic E-state index is 13.7. The van der Waals surface area contributed by atoms with Crippen LogP contribution in [0, 0.1) is 18.6 Å². The first-order valence-corrected chi connectivity index (χ1v) is 5.60. The number of pyridine rings is 1. The molecular formula is C13H11F2N3O2. The molecule has 0 spiro atoms. The van der Waals surface area contributed by atoms with E-state index in [9.17, 15) is 13.6 Å². The molecule has 2 rings (SSSR count). The molecule has 7 heteroatoms. The van der Waals surface area contributed by atoms with E-state index in [1.54, 1.807) is 0 Å². The molecule has 0 radical (unpaired) electrons. The minimum Gasteiger partial charge on any atom is -0.478 e. The van der Waals surface area contributed by atoms with Gasteiger partial charge in [0.25, 0.3) is 0 Å². The van der Waals surface area contributed by atoms with Gasteiger partial charge in [0.05, 0.1) is 23.1 Å². The zero-order valence-corrected chi connectivity index (χ0v) is 10.4. The zero-order valence-electron chi connectivity index (χ0n) is 10.4. The molecular weight excluding hydrogens is 268 g/mol. The Labute approximate surface area is 113 Å². The summed E-state index contributed by atoms with van der Waals surface area (Å²) in [5.74, 6) is -2.43. The maximum Gasteiger partial charge on any atom is 0.337 e. The molecule has 0 saturated carbocycles. The second-order valence-corrected chi connectivity index (χ2v) is 4.17. The first kappa shape index (κ1) is 13.7. The number of hydrogen-bond donors (Lipinski definition) is 3. The van der Waals surface area contributed by atoms with Crippen LogP contribution < -0.4 is 11.1 Å². The molecule has 0 fully saturated rings. The van der Waals surface area contributed by atoms with Crippen LogP contribution in [-0.2, 0) is 0 Å². The Morgan fingerprint density at radius 2 is 2.00 bits per heavy atom. The average molecular weight is 279 g/mol. The Hall–Kier alpha value is -2.70. The van der Waals surface area contributed by atoms with Crippen LogP contribution in [0.5, 0.6) is 0 Å². The van der Waals surface area contributed by atoms with E-state index in [1.807, 2.05) is 0 Å². The Kier molecular flexibility index (Phi) is 3.51. The number of carbonyl (C=O) groups is 1. The summed E-state index contributed by atoms with van der Waals surface area (Å²) in [5, 5.41) is 11.4. The molecule has 0 atom stereocenters. The lowest BCUT2D eigenvalue weighted by Gasteiger charge is -2.09. The Morgan fingerprint density at radius 1 is 1.30 bits per heavy atom. The predicted molar refractivity (Wildman–Crippen MR) is 70.0 cm³/mol. The summed E-state index contributed by atoms with van der Waals surface area (Å²) < 4.78 is 27.0. The van der Waals surface area contributed by atoms with Crippen molar-refractivity contribution in [3.63, 3.8) is 0 Å². The summed E-state index contributed by atoms with van der Waals surface area (Å²) in [6.45, 7) is 1.44. The summed E-state index contributed by atoms with van der Waals surface area (Å²) in [6.07, 6.45) is 1.13. The van der Waals surface area contributed by atoms with Crippen molar-refractivity contribution in [2.45, 2.75) is 6.92 Å². The number of hydrogen-bond acceptors (Lipinski definition) is 4. The molecule has 0 unspecified atom stereocenters. The molecule has 0 bridgehead atoms. The fourth-order valence-electron chi connectivity index (χ4n) is 1.60. The highest BCUT2D eigenvalue weighted by molar-refractivity contribution is 5.94. The van der Waals surface area contributed by atoms with Gasteiger partial charge in [0, 0.05) is 6.07 Å². The number of aryl methyl sites for hydroxylation is 1. The molecule has 0 aliphatic rings. The van der Waals surface area contributed by atoms with Crippen molar-refractivity contribution < 1.29 is 18.7 Å². The van der Waals surface area contributed by atoms with Gasteiger partial charge < -0.3 is 16.2 Å². The van der Waals surface area contributed by atoms with Gasteiger partial charge in [0.15, 0.2) is 0 Å². The zero-order chi connectivity index (χ0) is 14.9. The average Bonchev–Trinajstić information content (AvgIpc) is 2.37. The van der Waals surface area contributed by atoms with E-state index in [1.165, 1.54) is 6.92 Å². The van der Waals surface area contributed by atoms with E-state index in [0.29, 0.717) is 0 Å². The van der Waals surface area contributed by atoms with Crippen LogP contribution in [0.2, 0.25) is 0 Å². The minimum atomic E-state index is -1.23. The smallest absolute Gasteiger partial charge is 0.337 e. The number of nitrogen functional groups attached to an aromatic ring is 1. The van der Waals surface area contributed by atoms with Gasteiger partial charge in [-0.05, 0) is 24.6 Å². The molecule has 0 aliphatic heterocycles. The van der Waals surface area contributed by atoms with Crippen molar-refractivity contribution in [2.24, 2.45) is 0 Å². The summed E-state index contributed by atoms with van der Waals surface area (Å²) in [7, 11) is 0. The second-order valence-electron chi connectivity index (χ2n) is 4.17. The second kappa shape index (κ2) is 5.12. The molecule has 5 nitrogen and oxygen atoms in total. The van der Waals surface area contributed by atoms with E-state index in [0.717, 1.165) is 24.4 Å². The monoisotopic (exact) mass is 279 g/mol. The van der Waals surface area contributed by atoms with Crippen LogP contribution in [0.15, 0.2) is 24.4 Å². The Balaban J connectivity index is 2.38. The summed E-state index contributed by atoms with van der Waals surface area (Å²) >= 11 is 0. The van der Waals surface area contributed by atoms with Crippen LogP contribution in [0.4, 0.5) is 26.0 Å². The normalized spacial score (nSPS) is 10.3. The summed E-state index contributed by atoms with van der Waals surface area (Å²) in [5.41, 5.74) is 5.30. The van der Waals surface area contributed by atoms with E-state index in [2.05, 4.69) is 10.3 Å². The van der Waals surface area contributed by atoms with Gasteiger partial charge in [-0.2, -0.15) is 0 Å². The lowest BCUT2D eigenvalue weighted by atomic mass is 10.2. The first-order valence-electron chi connectivity index (χ1n) is 5.60. The Bertz CT molecular complexity index is 690. The minimum absolute atomic E-state index is 0.0152. The van der Waals surface area contributed by atoms with Crippen LogP contribution >= 0.6 is 0 Å². The molecule has 2 aromatic rings. The number of nitrogens with zero attached hydrogens (tertiary/aromatic N) is 1. The molecule has 1 aromatic heterocycles. The van der Waals surface area contributed by atoms with Gasteiger partial charge >= 0.3 is 5.97 Å². The molecule has 0 saturated heterocycles. The highest BCUT2D eigenvalue weighted by Crippen LogP contribution is 2.23. The lowest BCUT2D eigenvalue weighted by Crippen LogP contribution is -2.05. The third kappa shape index (κ3) is 2.66. The van der Waals surface area contributed by atoms with E-state index < -0.39 is 17.6 Å². The van der Waals surface area contributed by atoms with Gasteiger partial charge in [-0.3, -0.25) is 0 Å². The van der Waals surface area contributed by atoms with E-state index in [4.69, 9.17) is 10.8 Å². The number of carboxylic acid groups (broad SMARTS) is 1. The molecule has 0 amide bonds. The van der Waals surface area contributed by atoms with Crippen molar-refractivity contribution in [2.75, 3.05) is 11.1 Å². The third-order valence-corrected chi connectivity index (χ3v) is 2.68. The molecule has 1 heterocycles. The Morgan fingerprint density at radius 3 is 2.65 bits per heavy atom. The molecule has 1 aromatic carbocycles. The summed E-state index contributed by atoms with van der Waals surface area (Å²) in [6, 6.07) is 3.16. The fourth-order valence-corrected chi connectivity index (χ4v) is 1.60. The maximum absolute atomic E-state index is 13.7. The third-order valence-electron chi connectivity index (χ3n) is 2.68. The predicted octanol–water partition coefficient (Wildman–Crippen LogP) is 2.69. The molecule has 0 aliphatic carbocycles. The number of anilines is 3. The van der Waals surface area contributed by atoms with Gasteiger partial charge in [0.2, 0.25) is 0 Å². The van der Waals surface area contributed by atoms with Crippen LogP contribution in [0.3, 0.4) is 0 Å². The number of nitrogens with two attached hydrogens (primary N) is 1. The number of halogens is 2. The van der Waals surface area contributed by atoms with Crippen molar-refractivity contribution in [1.29, 1.82) is 0 Å². The van der Waals surface area contributed by atoms with Gasteiger partial charge in [-0.1, -0.05) is 0 Å². The number of carboxylic acids is 1. The van der Waals surface area contributed by atoms with Crippen molar-refractivity contribution in [3.8, 4) is 0 Å². The molecule has 4 N–H and O–H groups in total. The van der Waals surface area contributed by atoms with Crippen molar-refractivity contribution in [3.05, 3.63) is 47.2 Å². The van der Waals surface area contributed by atoms with Crippen molar-refractivity contribution >= 4 is 23.2 Å². The SMILES string of the molecule is Cc1cc(F)c(Nc2cc(C(=O)O)c(N)cn2)cc1F. The highest BCUT2D eigenvalue weighted by atomic mass is 19.1. The van der Waals surface area contributed by atoms with Gasteiger partial charge in [0.1, 0.15) is 17.5 Å². The summed E-state index contributed by atoms with van der Waals surface area (Å²) in [4.78, 5) is 14.7. The molecule has 20 heavy (non-hydrogen) atoms. The quantitative estimate of drug-likeness (QED) is 0.804. The standard InChI is InChI=1S/C13H11F2N3O2/c1-6-2-9(15)11(4-8(6)14)18-12-3-7(13(19)20)10(16)5-17-12/h2-5H,16H2,1H3,(H,17,18)(H,19,20).